The highest BCUT2D eigenvalue weighted by Crippen LogP contribution is 2.33. The Labute approximate surface area is 211 Å². The summed E-state index contributed by atoms with van der Waals surface area (Å²) < 4.78 is 0. The van der Waals surface area contributed by atoms with Crippen LogP contribution < -0.4 is 10.2 Å². The van der Waals surface area contributed by atoms with Crippen LogP contribution in [-0.2, 0) is 4.79 Å². The first-order valence-corrected chi connectivity index (χ1v) is 12.5. The van der Waals surface area contributed by atoms with Crippen LogP contribution in [0.2, 0.25) is 0 Å². The van der Waals surface area contributed by atoms with Gasteiger partial charge in [0, 0.05) is 27.5 Å². The van der Waals surface area contributed by atoms with Crippen LogP contribution in [0.15, 0.2) is 114 Å². The van der Waals surface area contributed by atoms with Crippen LogP contribution in [0.25, 0.3) is 0 Å². The summed E-state index contributed by atoms with van der Waals surface area (Å²) in [5, 5.41) is 2.68. The second-order valence-corrected chi connectivity index (χ2v) is 9.48. The third kappa shape index (κ3) is 6.19. The summed E-state index contributed by atoms with van der Waals surface area (Å²) in [5.41, 5.74) is 4.08. The molecule has 0 aliphatic rings. The van der Waals surface area contributed by atoms with Gasteiger partial charge in [-0.2, -0.15) is 0 Å². The molecule has 176 valence electrons. The number of carbonyl (C=O) groups is 2. The van der Waals surface area contributed by atoms with Crippen molar-refractivity contribution in [3.05, 3.63) is 120 Å². The molecule has 1 N–H and O–H groups in total. The largest absolute Gasteiger partial charge is 0.322 e. The van der Waals surface area contributed by atoms with Crippen molar-refractivity contribution in [3.63, 3.8) is 0 Å². The third-order valence-corrected chi connectivity index (χ3v) is 6.93. The summed E-state index contributed by atoms with van der Waals surface area (Å²) in [7, 11) is 0. The summed E-state index contributed by atoms with van der Waals surface area (Å²) >= 11 is 1.54. The maximum Gasteiger partial charge on any atom is 0.255 e. The van der Waals surface area contributed by atoms with Gasteiger partial charge in [-0.3, -0.25) is 14.5 Å². The topological polar surface area (TPSA) is 49.4 Å². The quantitative estimate of drug-likeness (QED) is 0.266. The Hall–Kier alpha value is -3.83. The molecule has 5 heteroatoms. The van der Waals surface area contributed by atoms with Gasteiger partial charge in [-0.25, -0.2) is 0 Å². The maximum absolute atomic E-state index is 13.7. The summed E-state index contributed by atoms with van der Waals surface area (Å²) in [5.74, 6) is -0.108. The Bertz CT molecular complexity index is 1240. The minimum Gasteiger partial charge on any atom is -0.322 e. The average molecular weight is 481 g/mol. The Morgan fingerprint density at radius 1 is 0.800 bits per heavy atom. The summed E-state index contributed by atoms with van der Waals surface area (Å²) in [6.07, 6.45) is 0.686. The lowest BCUT2D eigenvalue weighted by atomic mass is 10.1. The molecule has 0 radical (unpaired) electrons. The zero-order valence-corrected chi connectivity index (χ0v) is 20.7. The highest BCUT2D eigenvalue weighted by molar-refractivity contribution is 8.00. The molecule has 0 bridgehead atoms. The number of hydrogen-bond donors (Lipinski definition) is 1. The molecule has 2 amide bonds. The van der Waals surface area contributed by atoms with E-state index in [0.717, 1.165) is 27.5 Å². The summed E-state index contributed by atoms with van der Waals surface area (Å²) in [6, 6.07) is 34.6. The number of benzene rings is 4. The van der Waals surface area contributed by atoms with Crippen molar-refractivity contribution < 1.29 is 9.59 Å². The van der Waals surface area contributed by atoms with Crippen LogP contribution in [0.5, 0.6) is 0 Å². The van der Waals surface area contributed by atoms with E-state index in [1.54, 1.807) is 11.0 Å². The zero-order chi connectivity index (χ0) is 24.6. The minimum atomic E-state index is -0.261. The second kappa shape index (κ2) is 11.5. The molecule has 0 aliphatic heterocycles. The lowest BCUT2D eigenvalue weighted by Crippen LogP contribution is -2.34. The molecule has 0 fully saturated rings. The smallest absolute Gasteiger partial charge is 0.255 e. The average Bonchev–Trinajstić information content (AvgIpc) is 2.89. The number of amides is 2. The predicted octanol–water partition coefficient (Wildman–Crippen LogP) is 7.48. The lowest BCUT2D eigenvalue weighted by Gasteiger charge is -2.27. The molecule has 1 atom stereocenters. The van der Waals surface area contributed by atoms with Crippen LogP contribution in [-0.4, -0.2) is 17.1 Å². The number of carbonyl (C=O) groups excluding carboxylic acids is 2. The van der Waals surface area contributed by atoms with E-state index in [-0.39, 0.29) is 17.1 Å². The molecule has 0 aliphatic carbocycles. The molecular weight excluding hydrogens is 452 g/mol. The van der Waals surface area contributed by atoms with E-state index < -0.39 is 0 Å². The van der Waals surface area contributed by atoms with Crippen molar-refractivity contribution in [2.45, 2.75) is 30.4 Å². The fourth-order valence-corrected chi connectivity index (χ4v) is 4.78. The minimum absolute atomic E-state index is 0.0340. The number of thioether (sulfide) groups is 1. The van der Waals surface area contributed by atoms with Crippen molar-refractivity contribution in [2.24, 2.45) is 0 Å². The van der Waals surface area contributed by atoms with Crippen molar-refractivity contribution in [1.29, 1.82) is 0 Å². The van der Waals surface area contributed by atoms with Crippen molar-refractivity contribution in [2.75, 3.05) is 10.2 Å². The van der Waals surface area contributed by atoms with E-state index in [1.807, 2.05) is 117 Å². The predicted molar refractivity (Wildman–Crippen MR) is 146 cm³/mol. The van der Waals surface area contributed by atoms with Crippen LogP contribution in [0.4, 0.5) is 17.1 Å². The molecule has 0 saturated heterocycles. The van der Waals surface area contributed by atoms with E-state index in [2.05, 4.69) is 5.32 Å². The molecular formula is C30H28N2O2S. The van der Waals surface area contributed by atoms with E-state index in [4.69, 9.17) is 0 Å². The summed E-state index contributed by atoms with van der Waals surface area (Å²) in [6.45, 7) is 3.99. The monoisotopic (exact) mass is 480 g/mol. The van der Waals surface area contributed by atoms with Gasteiger partial charge in [0.05, 0.1) is 5.25 Å². The first-order valence-electron chi connectivity index (χ1n) is 11.6. The fraction of sp³-hybridized carbons (Fsp3) is 0.133. The first-order chi connectivity index (χ1) is 17.0. The van der Waals surface area contributed by atoms with E-state index >= 15 is 0 Å². The van der Waals surface area contributed by atoms with Gasteiger partial charge in [0.25, 0.3) is 5.91 Å². The Morgan fingerprint density at radius 2 is 1.40 bits per heavy atom. The Morgan fingerprint density at radius 3 is 1.94 bits per heavy atom. The van der Waals surface area contributed by atoms with E-state index in [0.29, 0.717) is 12.0 Å². The van der Waals surface area contributed by atoms with E-state index in [1.165, 1.54) is 11.8 Å². The van der Waals surface area contributed by atoms with Crippen LogP contribution in [0, 0.1) is 6.92 Å². The van der Waals surface area contributed by atoms with Gasteiger partial charge in [0.15, 0.2) is 0 Å². The highest BCUT2D eigenvalue weighted by atomic mass is 32.2. The molecule has 0 aromatic heterocycles. The van der Waals surface area contributed by atoms with Crippen molar-refractivity contribution in [3.8, 4) is 0 Å². The number of aryl methyl sites for hydroxylation is 1. The first kappa shape index (κ1) is 24.3. The molecule has 4 nitrogen and oxygen atoms in total. The lowest BCUT2D eigenvalue weighted by molar-refractivity contribution is -0.117. The summed E-state index contributed by atoms with van der Waals surface area (Å²) in [4.78, 5) is 29.0. The van der Waals surface area contributed by atoms with Gasteiger partial charge >= 0.3 is 0 Å². The van der Waals surface area contributed by atoms with Gasteiger partial charge in [-0.15, -0.1) is 11.8 Å². The van der Waals surface area contributed by atoms with Crippen molar-refractivity contribution in [1.82, 2.24) is 0 Å². The Kier molecular flexibility index (Phi) is 8.01. The number of rotatable bonds is 8. The van der Waals surface area contributed by atoms with Crippen LogP contribution in [0.3, 0.4) is 0 Å². The molecule has 4 rings (SSSR count). The van der Waals surface area contributed by atoms with Crippen LogP contribution in [0.1, 0.15) is 29.3 Å². The van der Waals surface area contributed by atoms with E-state index in [9.17, 15) is 9.59 Å². The SMILES string of the molecule is CCC(Sc1ccc(NC(=O)c2cccc(C)c2)cc1)C(=O)N(c1ccccc1)c1ccccc1. The molecule has 0 spiro atoms. The van der Waals surface area contributed by atoms with Gasteiger partial charge in [0.1, 0.15) is 0 Å². The zero-order valence-electron chi connectivity index (χ0n) is 19.8. The fourth-order valence-electron chi connectivity index (χ4n) is 3.78. The molecule has 35 heavy (non-hydrogen) atoms. The van der Waals surface area contributed by atoms with Gasteiger partial charge < -0.3 is 5.32 Å². The number of anilines is 3. The number of hydrogen-bond acceptors (Lipinski definition) is 3. The third-order valence-electron chi connectivity index (χ3n) is 5.57. The van der Waals surface area contributed by atoms with Gasteiger partial charge in [-0.1, -0.05) is 61.0 Å². The number of para-hydroxylation sites is 2. The van der Waals surface area contributed by atoms with Gasteiger partial charge in [0.2, 0.25) is 5.91 Å². The van der Waals surface area contributed by atoms with Gasteiger partial charge in [-0.05, 0) is 74.0 Å². The Balaban J connectivity index is 1.49. The highest BCUT2D eigenvalue weighted by Gasteiger charge is 2.26. The molecule has 4 aromatic carbocycles. The second-order valence-electron chi connectivity index (χ2n) is 8.21. The van der Waals surface area contributed by atoms with Crippen LogP contribution >= 0.6 is 11.8 Å². The molecule has 0 saturated carbocycles. The standard InChI is InChI=1S/C30H28N2O2S/c1-3-28(30(34)32(25-13-6-4-7-14-25)26-15-8-5-9-16-26)35-27-19-17-24(18-20-27)31-29(33)23-12-10-11-22(2)21-23/h4-21,28H,3H2,1-2H3,(H,31,33). The number of nitrogens with one attached hydrogen (secondary N) is 1. The van der Waals surface area contributed by atoms with Crippen molar-refractivity contribution >= 4 is 40.6 Å². The molecule has 0 heterocycles. The number of nitrogens with zero attached hydrogens (tertiary/aromatic N) is 1. The maximum atomic E-state index is 13.7. The normalized spacial score (nSPS) is 11.5. The molecule has 4 aromatic rings. The molecule has 1 unspecified atom stereocenters.